The van der Waals surface area contributed by atoms with E-state index in [0.717, 1.165) is 16.2 Å². The van der Waals surface area contributed by atoms with Gasteiger partial charge in [0.15, 0.2) is 0 Å². The van der Waals surface area contributed by atoms with Gasteiger partial charge in [0.1, 0.15) is 0 Å². The SMILES string of the molecule is C=C(CNN)c1ccc(Cl)cc1.Cl. The number of hydrogen-bond donors (Lipinski definition) is 2. The predicted molar refractivity (Wildman–Crippen MR) is 59.9 cm³/mol. The van der Waals surface area contributed by atoms with Crippen molar-refractivity contribution in [2.45, 2.75) is 0 Å². The molecule has 0 aliphatic rings. The summed E-state index contributed by atoms with van der Waals surface area (Å²) in [7, 11) is 0. The van der Waals surface area contributed by atoms with Gasteiger partial charge in [-0.15, -0.1) is 12.4 Å². The van der Waals surface area contributed by atoms with Crippen molar-refractivity contribution in [3.8, 4) is 0 Å². The van der Waals surface area contributed by atoms with Crippen LogP contribution < -0.4 is 11.3 Å². The molecule has 0 aliphatic heterocycles. The van der Waals surface area contributed by atoms with E-state index in [1.54, 1.807) is 0 Å². The monoisotopic (exact) mass is 218 g/mol. The number of nitrogens with one attached hydrogen (secondary N) is 1. The number of nitrogens with two attached hydrogens (primary N) is 1. The van der Waals surface area contributed by atoms with Crippen molar-refractivity contribution in [2.24, 2.45) is 5.84 Å². The first-order valence-electron chi connectivity index (χ1n) is 3.61. The standard InChI is InChI=1S/C9H11ClN2.ClH/c1-7(6-12-11)8-2-4-9(10)5-3-8;/h2-5,12H,1,6,11H2;1H. The van der Waals surface area contributed by atoms with Crippen LogP contribution in [-0.2, 0) is 0 Å². The number of hydrogen-bond acceptors (Lipinski definition) is 2. The molecule has 1 rings (SSSR count). The predicted octanol–water partition coefficient (Wildman–Crippen LogP) is 2.24. The average molecular weight is 219 g/mol. The molecule has 0 saturated heterocycles. The minimum absolute atomic E-state index is 0. The molecule has 2 nitrogen and oxygen atoms in total. The van der Waals surface area contributed by atoms with E-state index < -0.39 is 0 Å². The van der Waals surface area contributed by atoms with E-state index in [1.165, 1.54) is 0 Å². The van der Waals surface area contributed by atoms with E-state index in [1.807, 2.05) is 24.3 Å². The molecule has 3 N–H and O–H groups in total. The maximum Gasteiger partial charge on any atom is 0.0406 e. The van der Waals surface area contributed by atoms with E-state index in [9.17, 15) is 0 Å². The van der Waals surface area contributed by atoms with Crippen molar-refractivity contribution >= 4 is 29.6 Å². The maximum atomic E-state index is 5.72. The Balaban J connectivity index is 0.00000144. The summed E-state index contributed by atoms with van der Waals surface area (Å²) in [4.78, 5) is 0. The summed E-state index contributed by atoms with van der Waals surface area (Å²) in [5.74, 6) is 5.16. The molecule has 0 saturated carbocycles. The Morgan fingerprint density at radius 3 is 2.38 bits per heavy atom. The molecule has 0 fully saturated rings. The molecule has 1 aromatic carbocycles. The fourth-order valence-electron chi connectivity index (χ4n) is 0.911. The van der Waals surface area contributed by atoms with Gasteiger partial charge in [-0.05, 0) is 23.3 Å². The zero-order valence-corrected chi connectivity index (χ0v) is 8.66. The molecule has 0 heterocycles. The molecule has 72 valence electrons. The third-order valence-electron chi connectivity index (χ3n) is 1.57. The van der Waals surface area contributed by atoms with Gasteiger partial charge < -0.3 is 0 Å². The Kier molecular flexibility index (Phi) is 5.75. The topological polar surface area (TPSA) is 38.0 Å². The van der Waals surface area contributed by atoms with Crippen LogP contribution in [0.4, 0.5) is 0 Å². The van der Waals surface area contributed by atoms with Crippen LogP contribution in [0.3, 0.4) is 0 Å². The van der Waals surface area contributed by atoms with Gasteiger partial charge in [0.2, 0.25) is 0 Å². The first-order chi connectivity index (χ1) is 5.74. The maximum absolute atomic E-state index is 5.72. The second-order valence-corrected chi connectivity index (χ2v) is 2.93. The van der Waals surface area contributed by atoms with Crippen LogP contribution in [0.15, 0.2) is 30.8 Å². The fraction of sp³-hybridized carbons (Fsp3) is 0.111. The minimum Gasteiger partial charge on any atom is -0.271 e. The summed E-state index contributed by atoms with van der Waals surface area (Å²) >= 11 is 5.72. The Labute approximate surface area is 89.2 Å². The van der Waals surface area contributed by atoms with Crippen molar-refractivity contribution in [2.75, 3.05) is 6.54 Å². The number of rotatable bonds is 3. The second kappa shape index (κ2) is 6.00. The molecule has 0 unspecified atom stereocenters. The van der Waals surface area contributed by atoms with Gasteiger partial charge in [-0.3, -0.25) is 11.3 Å². The van der Waals surface area contributed by atoms with Gasteiger partial charge in [-0.25, -0.2) is 0 Å². The van der Waals surface area contributed by atoms with Crippen molar-refractivity contribution in [1.82, 2.24) is 5.43 Å². The number of benzene rings is 1. The summed E-state index contributed by atoms with van der Waals surface area (Å²) in [6.45, 7) is 4.44. The van der Waals surface area contributed by atoms with Crippen LogP contribution in [-0.4, -0.2) is 6.54 Å². The van der Waals surface area contributed by atoms with E-state index in [2.05, 4.69) is 12.0 Å². The van der Waals surface area contributed by atoms with Gasteiger partial charge in [-0.1, -0.05) is 30.3 Å². The lowest BCUT2D eigenvalue weighted by Crippen LogP contribution is -2.23. The van der Waals surface area contributed by atoms with Crippen LogP contribution in [0.25, 0.3) is 5.57 Å². The first kappa shape index (κ1) is 12.5. The first-order valence-corrected chi connectivity index (χ1v) is 3.99. The van der Waals surface area contributed by atoms with Crippen molar-refractivity contribution in [1.29, 1.82) is 0 Å². The molecule has 0 amide bonds. The Morgan fingerprint density at radius 2 is 1.92 bits per heavy atom. The fourth-order valence-corrected chi connectivity index (χ4v) is 1.04. The van der Waals surface area contributed by atoms with E-state index >= 15 is 0 Å². The normalized spacial score (nSPS) is 9.08. The van der Waals surface area contributed by atoms with Gasteiger partial charge in [0.05, 0.1) is 0 Å². The molecule has 4 heteroatoms. The smallest absolute Gasteiger partial charge is 0.0406 e. The highest BCUT2D eigenvalue weighted by Crippen LogP contribution is 2.14. The van der Waals surface area contributed by atoms with Crippen molar-refractivity contribution < 1.29 is 0 Å². The Bertz CT molecular complexity index is 269. The van der Waals surface area contributed by atoms with Crippen LogP contribution in [0.1, 0.15) is 5.56 Å². The summed E-state index contributed by atoms with van der Waals surface area (Å²) < 4.78 is 0. The molecular formula is C9H12Cl2N2. The Hall–Kier alpha value is -0.540. The Morgan fingerprint density at radius 1 is 1.38 bits per heavy atom. The molecule has 1 aromatic rings. The highest BCUT2D eigenvalue weighted by molar-refractivity contribution is 6.30. The molecule has 13 heavy (non-hydrogen) atoms. The van der Waals surface area contributed by atoms with Crippen LogP contribution >= 0.6 is 24.0 Å². The van der Waals surface area contributed by atoms with Crippen molar-refractivity contribution in [3.05, 3.63) is 41.4 Å². The summed E-state index contributed by atoms with van der Waals surface area (Å²) in [5.41, 5.74) is 4.55. The zero-order valence-electron chi connectivity index (χ0n) is 7.09. The second-order valence-electron chi connectivity index (χ2n) is 2.49. The van der Waals surface area contributed by atoms with Crippen LogP contribution in [0, 0.1) is 0 Å². The van der Waals surface area contributed by atoms with Crippen molar-refractivity contribution in [3.63, 3.8) is 0 Å². The number of hydrazine groups is 1. The highest BCUT2D eigenvalue weighted by atomic mass is 35.5. The number of halogens is 2. The minimum atomic E-state index is 0. The summed E-state index contributed by atoms with van der Waals surface area (Å²) in [6.07, 6.45) is 0. The third-order valence-corrected chi connectivity index (χ3v) is 1.82. The summed E-state index contributed by atoms with van der Waals surface area (Å²) in [6, 6.07) is 7.50. The molecule has 0 atom stereocenters. The highest BCUT2D eigenvalue weighted by Gasteiger charge is 1.96. The summed E-state index contributed by atoms with van der Waals surface area (Å²) in [5, 5.41) is 0.729. The lowest BCUT2D eigenvalue weighted by Gasteiger charge is -2.03. The van der Waals surface area contributed by atoms with Gasteiger partial charge in [-0.2, -0.15) is 0 Å². The van der Waals surface area contributed by atoms with E-state index in [-0.39, 0.29) is 12.4 Å². The van der Waals surface area contributed by atoms with Gasteiger partial charge in [0, 0.05) is 11.6 Å². The zero-order chi connectivity index (χ0) is 8.97. The third kappa shape index (κ3) is 3.79. The molecule has 0 bridgehead atoms. The van der Waals surface area contributed by atoms with E-state index in [0.29, 0.717) is 6.54 Å². The molecule has 0 aromatic heterocycles. The molecule has 0 spiro atoms. The van der Waals surface area contributed by atoms with E-state index in [4.69, 9.17) is 17.4 Å². The lowest BCUT2D eigenvalue weighted by molar-refractivity contribution is 0.834. The molecular weight excluding hydrogens is 207 g/mol. The average Bonchev–Trinajstić information content (AvgIpc) is 2.06. The van der Waals surface area contributed by atoms with Gasteiger partial charge >= 0.3 is 0 Å². The van der Waals surface area contributed by atoms with Crippen LogP contribution in [0.2, 0.25) is 5.02 Å². The van der Waals surface area contributed by atoms with Crippen LogP contribution in [0.5, 0.6) is 0 Å². The van der Waals surface area contributed by atoms with Gasteiger partial charge in [0.25, 0.3) is 0 Å². The largest absolute Gasteiger partial charge is 0.271 e. The molecule has 0 radical (unpaired) electrons. The lowest BCUT2D eigenvalue weighted by atomic mass is 10.1. The molecule has 0 aliphatic carbocycles. The quantitative estimate of drug-likeness (QED) is 0.604.